The van der Waals surface area contributed by atoms with E-state index in [9.17, 15) is 61.0 Å². The number of carbonyl (C=O) groups is 1. The first-order valence-electron chi connectivity index (χ1n) is 33.3. The molecule has 0 saturated carbocycles. The summed E-state index contributed by atoms with van der Waals surface area (Å²) in [6, 6.07) is -0.987. The van der Waals surface area contributed by atoms with Crippen molar-refractivity contribution >= 4 is 5.91 Å². The average Bonchev–Trinajstić information content (AvgIpc) is 1.15. The van der Waals surface area contributed by atoms with Crippen LogP contribution in [-0.2, 0) is 33.2 Å². The van der Waals surface area contributed by atoms with Gasteiger partial charge in [-0.15, -0.1) is 0 Å². The Morgan fingerprint density at radius 1 is 0.425 bits per heavy atom. The molecule has 19 heteroatoms. The summed E-state index contributed by atoms with van der Waals surface area (Å²) in [6.45, 7) is 1.60. The van der Waals surface area contributed by atoms with Gasteiger partial charge in [0.15, 0.2) is 18.9 Å². The summed E-state index contributed by atoms with van der Waals surface area (Å²) in [4.78, 5) is 13.4. The highest BCUT2D eigenvalue weighted by atomic mass is 16.8. The van der Waals surface area contributed by atoms with Crippen molar-refractivity contribution in [2.24, 2.45) is 0 Å². The fourth-order valence-electron chi connectivity index (χ4n) is 10.8. The molecule has 0 radical (unpaired) electrons. The molecule has 19 nitrogen and oxygen atoms in total. The number of allylic oxidation sites excluding steroid dienone is 13. The summed E-state index contributed by atoms with van der Waals surface area (Å²) >= 11 is 0. The number of hydrogen-bond acceptors (Lipinski definition) is 18. The molecule has 0 aromatic heterocycles. The van der Waals surface area contributed by atoms with Gasteiger partial charge in [-0.05, 0) is 70.6 Å². The molecular formula is C68H117NO18. The third-order valence-electron chi connectivity index (χ3n) is 16.2. The van der Waals surface area contributed by atoms with E-state index in [-0.39, 0.29) is 18.9 Å². The maximum Gasteiger partial charge on any atom is 0.220 e. The Hall–Kier alpha value is -3.03. The Kier molecular flexibility index (Phi) is 44.6. The second kappa shape index (κ2) is 49.6. The van der Waals surface area contributed by atoms with Gasteiger partial charge in [-0.3, -0.25) is 4.79 Å². The predicted molar refractivity (Wildman–Crippen MR) is 337 cm³/mol. The zero-order valence-corrected chi connectivity index (χ0v) is 52.7. The predicted octanol–water partition coefficient (Wildman–Crippen LogP) is 7.93. The first-order valence-corrected chi connectivity index (χ1v) is 33.3. The van der Waals surface area contributed by atoms with Gasteiger partial charge >= 0.3 is 0 Å². The van der Waals surface area contributed by atoms with Gasteiger partial charge in [0.1, 0.15) is 73.2 Å². The van der Waals surface area contributed by atoms with Gasteiger partial charge < -0.3 is 89.9 Å². The molecule has 87 heavy (non-hydrogen) atoms. The summed E-state index contributed by atoms with van der Waals surface area (Å²) < 4.78 is 34.3. The van der Waals surface area contributed by atoms with E-state index in [2.05, 4.69) is 92.1 Å². The van der Waals surface area contributed by atoms with Gasteiger partial charge in [0.25, 0.3) is 0 Å². The Morgan fingerprint density at radius 3 is 1.24 bits per heavy atom. The number of nitrogens with one attached hydrogen (secondary N) is 1. The van der Waals surface area contributed by atoms with Crippen LogP contribution in [0.3, 0.4) is 0 Å². The minimum atomic E-state index is -1.98. The smallest absolute Gasteiger partial charge is 0.220 e. The van der Waals surface area contributed by atoms with E-state index >= 15 is 0 Å². The molecule has 17 unspecified atom stereocenters. The van der Waals surface area contributed by atoms with E-state index in [1.807, 2.05) is 6.08 Å². The van der Waals surface area contributed by atoms with Crippen LogP contribution in [0.25, 0.3) is 0 Å². The van der Waals surface area contributed by atoms with E-state index in [4.69, 9.17) is 28.4 Å². The number of aliphatic hydroxyl groups excluding tert-OH is 11. The standard InChI is InChI=1S/C68H117NO18/c1-3-5-7-9-11-13-15-17-19-21-22-23-24-25-26-27-28-30-32-34-36-38-40-42-44-46-56(74)69-51(52(73)45-43-41-39-37-35-33-31-29-20-18-16-14-12-10-8-6-4-2)50-82-66-62(80)59(77)64(54(48-71)84-66)87-68-63(81)60(78)65(55(49-72)85-68)86-67-61(79)58(76)57(75)53(47-70)83-67/h5,7,11,13,17,19,22-23,25-26,28,30,43,45,51-55,57-68,70-73,75-81H,3-4,6,8-10,12,14-16,18,20-21,24,27,29,31-42,44,46-50H2,1-2H3,(H,69,74)/b7-5-,13-11-,19-17-,23-22-,26-25-,30-28-,45-43+. The number of unbranched alkanes of at least 4 members (excludes halogenated alkanes) is 21. The molecule has 1 amide bonds. The molecular weight excluding hydrogens is 1120 g/mol. The third kappa shape index (κ3) is 32.2. The Labute approximate surface area is 520 Å². The van der Waals surface area contributed by atoms with E-state index in [1.54, 1.807) is 6.08 Å². The largest absolute Gasteiger partial charge is 0.394 e. The van der Waals surface area contributed by atoms with Crippen molar-refractivity contribution in [2.75, 3.05) is 26.4 Å². The van der Waals surface area contributed by atoms with Crippen LogP contribution in [0.15, 0.2) is 85.1 Å². The lowest BCUT2D eigenvalue weighted by Gasteiger charge is -2.48. The Balaban J connectivity index is 1.47. The van der Waals surface area contributed by atoms with Crippen LogP contribution in [0.4, 0.5) is 0 Å². The van der Waals surface area contributed by atoms with Crippen LogP contribution >= 0.6 is 0 Å². The van der Waals surface area contributed by atoms with E-state index in [1.165, 1.54) is 77.0 Å². The van der Waals surface area contributed by atoms with Gasteiger partial charge in [0.2, 0.25) is 5.91 Å². The van der Waals surface area contributed by atoms with Crippen molar-refractivity contribution in [3.8, 4) is 0 Å². The van der Waals surface area contributed by atoms with Crippen molar-refractivity contribution < 1.29 is 89.4 Å². The number of amides is 1. The highest BCUT2D eigenvalue weighted by Crippen LogP contribution is 2.33. The molecule has 0 aromatic rings. The topological polar surface area (TPSA) is 307 Å². The third-order valence-corrected chi connectivity index (χ3v) is 16.2. The summed E-state index contributed by atoms with van der Waals surface area (Å²) in [5.74, 6) is -0.293. The second-order valence-electron chi connectivity index (χ2n) is 23.6. The molecule has 0 spiro atoms. The zero-order valence-electron chi connectivity index (χ0n) is 52.7. The first-order chi connectivity index (χ1) is 42.3. The summed E-state index contributed by atoms with van der Waals surface area (Å²) in [5.41, 5.74) is 0. The molecule has 0 aliphatic carbocycles. The molecule has 17 atom stereocenters. The van der Waals surface area contributed by atoms with Gasteiger partial charge in [-0.2, -0.15) is 0 Å². The van der Waals surface area contributed by atoms with Crippen LogP contribution in [0.5, 0.6) is 0 Å². The Morgan fingerprint density at radius 2 is 0.793 bits per heavy atom. The normalized spacial score (nSPS) is 29.1. The molecule has 3 rings (SSSR count). The van der Waals surface area contributed by atoms with E-state index in [0.717, 1.165) is 103 Å². The first kappa shape index (κ1) is 78.2. The van der Waals surface area contributed by atoms with Crippen molar-refractivity contribution in [3.05, 3.63) is 85.1 Å². The van der Waals surface area contributed by atoms with Gasteiger partial charge in [0.05, 0.1) is 38.6 Å². The van der Waals surface area contributed by atoms with Gasteiger partial charge in [0, 0.05) is 6.42 Å². The number of rotatable bonds is 49. The van der Waals surface area contributed by atoms with Crippen LogP contribution < -0.4 is 5.32 Å². The zero-order chi connectivity index (χ0) is 63.3. The lowest BCUT2D eigenvalue weighted by atomic mass is 9.96. The lowest BCUT2D eigenvalue weighted by Crippen LogP contribution is -2.66. The van der Waals surface area contributed by atoms with Crippen molar-refractivity contribution in [1.82, 2.24) is 5.32 Å². The van der Waals surface area contributed by atoms with E-state index in [0.29, 0.717) is 6.42 Å². The quantitative estimate of drug-likeness (QED) is 0.0203. The summed E-state index contributed by atoms with van der Waals surface area (Å²) in [5, 5.41) is 120. The monoisotopic (exact) mass is 1240 g/mol. The molecule has 0 aromatic carbocycles. The highest BCUT2D eigenvalue weighted by Gasteiger charge is 2.53. The number of aliphatic hydroxyl groups is 11. The molecule has 0 bridgehead atoms. The molecule has 3 saturated heterocycles. The fourth-order valence-corrected chi connectivity index (χ4v) is 10.8. The molecule has 3 aliphatic heterocycles. The number of hydrogen-bond donors (Lipinski definition) is 12. The lowest BCUT2D eigenvalue weighted by molar-refractivity contribution is -0.379. The van der Waals surface area contributed by atoms with Gasteiger partial charge in [-0.25, -0.2) is 0 Å². The van der Waals surface area contributed by atoms with Crippen molar-refractivity contribution in [2.45, 2.75) is 311 Å². The minimum Gasteiger partial charge on any atom is -0.394 e. The van der Waals surface area contributed by atoms with Crippen LogP contribution in [0, 0.1) is 0 Å². The summed E-state index contributed by atoms with van der Waals surface area (Å²) in [6.07, 6.45) is 35.4. The highest BCUT2D eigenvalue weighted by molar-refractivity contribution is 5.76. The fraction of sp³-hybridized carbons (Fsp3) is 0.779. The molecule has 3 heterocycles. The van der Waals surface area contributed by atoms with E-state index < -0.39 is 124 Å². The molecule has 3 fully saturated rings. The summed E-state index contributed by atoms with van der Waals surface area (Å²) in [7, 11) is 0. The molecule has 502 valence electrons. The SMILES string of the molecule is CC/C=C\C/C=C\C/C=C\C/C=C\C/C=C\C/C=C\CCCCCCCCC(=O)NC(COC1OC(CO)C(OC2OC(CO)C(OC3OC(CO)C(O)C(O)C3O)C(O)C2O)C(O)C1O)C(O)/C=C/CCCCCCCCCCCCCCCCC. The maximum atomic E-state index is 13.4. The minimum absolute atomic E-state index is 0.221. The number of carbonyl (C=O) groups excluding carboxylic acids is 1. The van der Waals surface area contributed by atoms with Crippen molar-refractivity contribution in [1.29, 1.82) is 0 Å². The second-order valence-corrected chi connectivity index (χ2v) is 23.6. The maximum absolute atomic E-state index is 13.4. The molecule has 12 N–H and O–H groups in total. The average molecular weight is 1240 g/mol. The van der Waals surface area contributed by atoms with Crippen LogP contribution in [0.1, 0.15) is 206 Å². The molecule has 3 aliphatic rings. The van der Waals surface area contributed by atoms with Crippen LogP contribution in [-0.4, -0.2) is 193 Å². The Bertz CT molecular complexity index is 1910. The van der Waals surface area contributed by atoms with Crippen molar-refractivity contribution in [3.63, 3.8) is 0 Å². The number of ether oxygens (including phenoxy) is 6. The van der Waals surface area contributed by atoms with Gasteiger partial charge in [-0.1, -0.05) is 214 Å². The van der Waals surface area contributed by atoms with Crippen LogP contribution in [0.2, 0.25) is 0 Å².